The molecule has 0 atom stereocenters. The van der Waals surface area contributed by atoms with Crippen LogP contribution in [0.4, 0.5) is 0 Å². The minimum atomic E-state index is 0.136. The number of carbonyl (C=O) groups is 1. The van der Waals surface area contributed by atoms with Gasteiger partial charge in [0.2, 0.25) is 0 Å². The summed E-state index contributed by atoms with van der Waals surface area (Å²) in [6.45, 7) is 3.86. The van der Waals surface area contributed by atoms with E-state index >= 15 is 0 Å². The van der Waals surface area contributed by atoms with Crippen molar-refractivity contribution in [3.63, 3.8) is 0 Å². The third kappa shape index (κ3) is 1.82. The molecule has 0 saturated carbocycles. The molecule has 0 radical (unpaired) electrons. The maximum atomic E-state index is 12.2. The Labute approximate surface area is 100 Å². The number of nitrogens with one attached hydrogen (secondary N) is 1. The molecule has 1 amide bonds. The molecule has 88 valence electrons. The minimum Gasteiger partial charge on any atom is -0.351 e. The number of nitrogens with zero attached hydrogens (tertiary/aromatic N) is 1. The Morgan fingerprint density at radius 2 is 2.00 bits per heavy atom. The second kappa shape index (κ2) is 3.91. The summed E-state index contributed by atoms with van der Waals surface area (Å²) in [5.74, 6) is 0.136. The van der Waals surface area contributed by atoms with E-state index < -0.39 is 0 Å². The number of rotatable bonds is 1. The summed E-state index contributed by atoms with van der Waals surface area (Å²) in [5.41, 5.74) is 2.97. The number of aromatic amines is 1. The molecule has 1 aliphatic heterocycles. The standard InChI is InChI=1S/C14H16N2O/c1-10-4-5-12-11(8-10)9-13(15-12)14(17)16-6-2-3-7-16/h4-5,8-9,15H,2-3,6-7H2,1H3. The number of hydrogen-bond donors (Lipinski definition) is 1. The number of amides is 1. The van der Waals surface area contributed by atoms with Crippen LogP contribution in [0.15, 0.2) is 24.3 Å². The highest BCUT2D eigenvalue weighted by Gasteiger charge is 2.20. The molecule has 0 aliphatic carbocycles. The average molecular weight is 228 g/mol. The molecule has 3 heteroatoms. The molecule has 2 heterocycles. The van der Waals surface area contributed by atoms with Gasteiger partial charge >= 0.3 is 0 Å². The average Bonchev–Trinajstić information content (AvgIpc) is 2.96. The van der Waals surface area contributed by atoms with Gasteiger partial charge in [-0.05, 0) is 38.0 Å². The quantitative estimate of drug-likeness (QED) is 0.800. The van der Waals surface area contributed by atoms with E-state index in [9.17, 15) is 4.79 Å². The van der Waals surface area contributed by atoms with Gasteiger partial charge in [0.15, 0.2) is 0 Å². The van der Waals surface area contributed by atoms with Crippen molar-refractivity contribution in [2.24, 2.45) is 0 Å². The van der Waals surface area contributed by atoms with Crippen molar-refractivity contribution < 1.29 is 4.79 Å². The topological polar surface area (TPSA) is 36.1 Å². The molecule has 1 fully saturated rings. The van der Waals surface area contributed by atoms with Crippen molar-refractivity contribution in [1.29, 1.82) is 0 Å². The van der Waals surface area contributed by atoms with Crippen molar-refractivity contribution in [1.82, 2.24) is 9.88 Å². The molecule has 1 aliphatic rings. The first-order valence-electron chi connectivity index (χ1n) is 6.13. The largest absolute Gasteiger partial charge is 0.351 e. The maximum Gasteiger partial charge on any atom is 0.270 e. The summed E-state index contributed by atoms with van der Waals surface area (Å²) in [6.07, 6.45) is 2.26. The van der Waals surface area contributed by atoms with Crippen molar-refractivity contribution >= 4 is 16.8 Å². The molecule has 1 aromatic carbocycles. The van der Waals surface area contributed by atoms with E-state index in [-0.39, 0.29) is 5.91 Å². The highest BCUT2D eigenvalue weighted by atomic mass is 16.2. The number of H-pyrrole nitrogens is 1. The van der Waals surface area contributed by atoms with Gasteiger partial charge in [-0.25, -0.2) is 0 Å². The van der Waals surface area contributed by atoms with Crippen LogP contribution < -0.4 is 0 Å². The van der Waals surface area contributed by atoms with Crippen LogP contribution >= 0.6 is 0 Å². The maximum absolute atomic E-state index is 12.2. The lowest BCUT2D eigenvalue weighted by atomic mass is 10.2. The third-order valence-corrected chi connectivity index (χ3v) is 3.40. The molecular weight excluding hydrogens is 212 g/mol. The highest BCUT2D eigenvalue weighted by Crippen LogP contribution is 2.19. The van der Waals surface area contributed by atoms with E-state index in [2.05, 4.69) is 24.0 Å². The molecule has 3 rings (SSSR count). The van der Waals surface area contributed by atoms with E-state index in [1.54, 1.807) is 0 Å². The van der Waals surface area contributed by atoms with Gasteiger partial charge < -0.3 is 9.88 Å². The first kappa shape index (κ1) is 10.4. The number of aromatic nitrogens is 1. The van der Waals surface area contributed by atoms with Gasteiger partial charge in [-0.15, -0.1) is 0 Å². The van der Waals surface area contributed by atoms with Gasteiger partial charge in [0.1, 0.15) is 5.69 Å². The zero-order chi connectivity index (χ0) is 11.8. The Kier molecular flexibility index (Phi) is 2.39. The molecule has 1 N–H and O–H groups in total. The van der Waals surface area contributed by atoms with Crippen molar-refractivity contribution in [2.45, 2.75) is 19.8 Å². The van der Waals surface area contributed by atoms with Gasteiger partial charge in [0.25, 0.3) is 5.91 Å². The summed E-state index contributed by atoms with van der Waals surface area (Å²) in [5, 5.41) is 1.12. The highest BCUT2D eigenvalue weighted by molar-refractivity contribution is 5.98. The van der Waals surface area contributed by atoms with E-state index in [4.69, 9.17) is 0 Å². The van der Waals surface area contributed by atoms with Crippen LogP contribution in [0.2, 0.25) is 0 Å². The van der Waals surface area contributed by atoms with Gasteiger partial charge in [-0.1, -0.05) is 11.6 Å². The summed E-state index contributed by atoms with van der Waals surface area (Å²) in [6, 6.07) is 8.16. The summed E-state index contributed by atoms with van der Waals surface area (Å²) >= 11 is 0. The first-order chi connectivity index (χ1) is 8.24. The summed E-state index contributed by atoms with van der Waals surface area (Å²) < 4.78 is 0. The number of aryl methyl sites for hydroxylation is 1. The van der Waals surface area contributed by atoms with Gasteiger partial charge in [0.05, 0.1) is 0 Å². The Morgan fingerprint density at radius 1 is 1.24 bits per heavy atom. The van der Waals surface area contributed by atoms with Crippen LogP contribution in [-0.2, 0) is 0 Å². The zero-order valence-electron chi connectivity index (χ0n) is 9.99. The van der Waals surface area contributed by atoms with Crippen LogP contribution in [0.25, 0.3) is 10.9 Å². The second-order valence-corrected chi connectivity index (χ2v) is 4.77. The molecule has 1 aromatic heterocycles. The molecule has 17 heavy (non-hydrogen) atoms. The molecule has 3 nitrogen and oxygen atoms in total. The lowest BCUT2D eigenvalue weighted by molar-refractivity contribution is 0.0788. The number of fused-ring (bicyclic) bond motifs is 1. The molecule has 0 unspecified atom stereocenters. The molecule has 1 saturated heterocycles. The summed E-state index contributed by atoms with van der Waals surface area (Å²) in [7, 11) is 0. The van der Waals surface area contributed by atoms with Crippen LogP contribution in [0, 0.1) is 6.92 Å². The summed E-state index contributed by atoms with van der Waals surface area (Å²) in [4.78, 5) is 17.3. The minimum absolute atomic E-state index is 0.136. The Balaban J connectivity index is 1.97. The van der Waals surface area contributed by atoms with Crippen LogP contribution in [-0.4, -0.2) is 28.9 Å². The lowest BCUT2D eigenvalue weighted by Crippen LogP contribution is -2.27. The Morgan fingerprint density at radius 3 is 2.76 bits per heavy atom. The van der Waals surface area contributed by atoms with Gasteiger partial charge in [-0.3, -0.25) is 4.79 Å². The normalized spacial score (nSPS) is 15.7. The smallest absolute Gasteiger partial charge is 0.270 e. The van der Waals surface area contributed by atoms with Crippen LogP contribution in [0.1, 0.15) is 28.9 Å². The second-order valence-electron chi connectivity index (χ2n) is 4.77. The van der Waals surface area contributed by atoms with Crippen molar-refractivity contribution in [3.8, 4) is 0 Å². The van der Waals surface area contributed by atoms with Crippen molar-refractivity contribution in [2.75, 3.05) is 13.1 Å². The van der Waals surface area contributed by atoms with E-state index in [1.807, 2.05) is 17.0 Å². The first-order valence-corrected chi connectivity index (χ1v) is 6.13. The van der Waals surface area contributed by atoms with E-state index in [0.717, 1.165) is 36.8 Å². The molecule has 0 bridgehead atoms. The van der Waals surface area contributed by atoms with E-state index in [0.29, 0.717) is 5.69 Å². The number of carbonyl (C=O) groups excluding carboxylic acids is 1. The fourth-order valence-electron chi connectivity index (χ4n) is 2.46. The van der Waals surface area contributed by atoms with Gasteiger partial charge in [-0.2, -0.15) is 0 Å². The predicted octanol–water partition coefficient (Wildman–Crippen LogP) is 2.71. The lowest BCUT2D eigenvalue weighted by Gasteiger charge is -2.13. The Bertz CT molecular complexity index is 565. The molecular formula is C14H16N2O. The zero-order valence-corrected chi connectivity index (χ0v) is 9.99. The number of benzene rings is 1. The predicted molar refractivity (Wildman–Crippen MR) is 68.2 cm³/mol. The molecule has 0 spiro atoms. The number of hydrogen-bond acceptors (Lipinski definition) is 1. The van der Waals surface area contributed by atoms with Gasteiger partial charge in [0, 0.05) is 24.0 Å². The monoisotopic (exact) mass is 228 g/mol. The van der Waals surface area contributed by atoms with E-state index in [1.165, 1.54) is 5.56 Å². The number of likely N-dealkylation sites (tertiary alicyclic amines) is 1. The fourth-order valence-corrected chi connectivity index (χ4v) is 2.46. The van der Waals surface area contributed by atoms with Crippen molar-refractivity contribution in [3.05, 3.63) is 35.5 Å². The third-order valence-electron chi connectivity index (χ3n) is 3.40. The molecule has 2 aromatic rings. The Hall–Kier alpha value is -1.77. The van der Waals surface area contributed by atoms with Crippen LogP contribution in [0.3, 0.4) is 0 Å². The fraction of sp³-hybridized carbons (Fsp3) is 0.357. The van der Waals surface area contributed by atoms with Crippen LogP contribution in [0.5, 0.6) is 0 Å². The SMILES string of the molecule is Cc1ccc2[nH]c(C(=O)N3CCCC3)cc2c1.